The van der Waals surface area contributed by atoms with Gasteiger partial charge in [-0.1, -0.05) is 60.8 Å². The van der Waals surface area contributed by atoms with Crippen LogP contribution in [0, 0.1) is 23.7 Å². The minimum atomic E-state index is -3.99. The Hall–Kier alpha value is -7.32. The van der Waals surface area contributed by atoms with Crippen molar-refractivity contribution in [3.8, 4) is 69.7 Å². The van der Waals surface area contributed by atoms with Gasteiger partial charge in [0.25, 0.3) is 0 Å². The Bertz CT molecular complexity index is 3070. The molecule has 2 fully saturated rings. The number of benzene rings is 7. The van der Waals surface area contributed by atoms with Crippen LogP contribution in [0.4, 0.5) is 0 Å². The zero-order chi connectivity index (χ0) is 48.6. The molecule has 10 nitrogen and oxygen atoms in total. The summed E-state index contributed by atoms with van der Waals surface area (Å²) >= 11 is 0. The smallest absolute Gasteiger partial charge is 0.210 e. The lowest BCUT2D eigenvalue weighted by atomic mass is 9.85. The van der Waals surface area contributed by atoms with Gasteiger partial charge in [-0.05, 0) is 197 Å². The van der Waals surface area contributed by atoms with Gasteiger partial charge in [-0.25, -0.2) is 16.8 Å². The van der Waals surface area contributed by atoms with E-state index in [1.807, 2.05) is 0 Å². The highest BCUT2D eigenvalue weighted by molar-refractivity contribution is 7.92. The molecule has 0 heterocycles. The van der Waals surface area contributed by atoms with Crippen molar-refractivity contribution in [2.75, 3.05) is 0 Å². The molecule has 7 aromatic rings. The molecule has 0 spiro atoms. The van der Waals surface area contributed by atoms with Crippen molar-refractivity contribution in [3.05, 3.63) is 181 Å². The number of para-hydroxylation sites is 2. The van der Waals surface area contributed by atoms with E-state index >= 15 is 0 Å². The van der Waals surface area contributed by atoms with Gasteiger partial charge < -0.3 is 29.2 Å². The molecule has 354 valence electrons. The van der Waals surface area contributed by atoms with Crippen LogP contribution >= 0.6 is 0 Å². The highest BCUT2D eigenvalue weighted by Gasteiger charge is 2.28. The van der Waals surface area contributed by atoms with Crippen molar-refractivity contribution < 1.29 is 46.0 Å². The van der Waals surface area contributed by atoms with E-state index < -0.39 is 30.9 Å². The van der Waals surface area contributed by atoms with E-state index in [0.29, 0.717) is 60.2 Å². The number of sulfone groups is 2. The topological polar surface area (TPSA) is 146 Å². The fourth-order valence-electron chi connectivity index (χ4n) is 8.36. The Balaban J connectivity index is 0.797. The van der Waals surface area contributed by atoms with Crippen molar-refractivity contribution in [2.45, 2.75) is 95.0 Å². The Labute approximate surface area is 409 Å². The van der Waals surface area contributed by atoms with Gasteiger partial charge in [0.2, 0.25) is 19.7 Å². The van der Waals surface area contributed by atoms with Gasteiger partial charge >= 0.3 is 0 Å². The first-order valence-electron chi connectivity index (χ1n) is 23.2. The SMILES string of the molecule is O=S(=O)(c1ccc(Oc2ccc(Oc3ccc(S(=O)(=O)c4ccccc4Oc4ccc(C#CC5(O)CCCCC5)cc4)cc3)cc2)cc1)c1ccccc1Oc1ccc(C#CC2(O)CCCCC2)cc1. The van der Waals surface area contributed by atoms with Crippen molar-refractivity contribution in [1.82, 2.24) is 0 Å². The van der Waals surface area contributed by atoms with Gasteiger partial charge in [-0.2, -0.15) is 0 Å². The quantitative estimate of drug-likeness (QED) is 0.113. The minimum Gasteiger partial charge on any atom is -0.457 e. The molecule has 12 heteroatoms. The number of ether oxygens (including phenoxy) is 4. The third kappa shape index (κ3) is 11.6. The fraction of sp³-hybridized carbons (Fsp3) is 0.207. The summed E-state index contributed by atoms with van der Waals surface area (Å²) in [6.07, 6.45) is 8.76. The van der Waals surface area contributed by atoms with Crippen molar-refractivity contribution in [1.29, 1.82) is 0 Å². The maximum atomic E-state index is 13.9. The normalized spacial score (nSPS) is 15.2. The lowest BCUT2D eigenvalue weighted by Crippen LogP contribution is -2.29. The van der Waals surface area contributed by atoms with E-state index in [0.717, 1.165) is 49.7 Å². The van der Waals surface area contributed by atoms with E-state index in [1.165, 1.54) is 36.4 Å². The summed E-state index contributed by atoms with van der Waals surface area (Å²) in [7, 11) is -7.98. The summed E-state index contributed by atoms with van der Waals surface area (Å²) in [4.78, 5) is 0.126. The van der Waals surface area contributed by atoms with Crippen LogP contribution in [-0.2, 0) is 19.7 Å². The Morgan fingerprint density at radius 2 is 0.643 bits per heavy atom. The second kappa shape index (κ2) is 20.7. The highest BCUT2D eigenvalue weighted by atomic mass is 32.2. The Morgan fingerprint density at radius 1 is 0.357 bits per heavy atom. The van der Waals surface area contributed by atoms with Crippen LogP contribution in [0.5, 0.6) is 46.0 Å². The first-order chi connectivity index (χ1) is 33.8. The predicted molar refractivity (Wildman–Crippen MR) is 266 cm³/mol. The van der Waals surface area contributed by atoms with E-state index in [1.54, 1.807) is 133 Å². The Kier molecular flexibility index (Phi) is 14.1. The molecule has 2 aliphatic rings. The van der Waals surface area contributed by atoms with Crippen molar-refractivity contribution in [2.24, 2.45) is 0 Å². The zero-order valence-electron chi connectivity index (χ0n) is 38.2. The first kappa shape index (κ1) is 47.7. The second-order valence-electron chi connectivity index (χ2n) is 17.5. The lowest BCUT2D eigenvalue weighted by Gasteiger charge is -2.26. The predicted octanol–water partition coefficient (Wildman–Crippen LogP) is 12.6. The molecule has 0 atom stereocenters. The lowest BCUT2D eigenvalue weighted by molar-refractivity contribution is 0.0606. The summed E-state index contributed by atoms with van der Waals surface area (Å²) in [5.74, 6) is 15.2. The fourth-order valence-corrected chi connectivity index (χ4v) is 11.1. The van der Waals surface area contributed by atoms with E-state index in [2.05, 4.69) is 23.7 Å². The third-order valence-corrected chi connectivity index (χ3v) is 15.9. The zero-order valence-corrected chi connectivity index (χ0v) is 39.8. The van der Waals surface area contributed by atoms with Crippen LogP contribution in [0.1, 0.15) is 75.3 Å². The average Bonchev–Trinajstić information content (AvgIpc) is 3.38. The second-order valence-corrected chi connectivity index (χ2v) is 21.3. The summed E-state index contributed by atoms with van der Waals surface area (Å²) < 4.78 is 79.7. The van der Waals surface area contributed by atoms with Gasteiger partial charge in [-0.3, -0.25) is 0 Å². The molecule has 2 aliphatic carbocycles. The maximum Gasteiger partial charge on any atom is 0.210 e. The molecule has 0 aliphatic heterocycles. The monoisotopic (exact) mass is 970 g/mol. The molecule has 2 N–H and O–H groups in total. The van der Waals surface area contributed by atoms with E-state index in [-0.39, 0.29) is 31.1 Å². The maximum absolute atomic E-state index is 13.9. The molecular weight excluding hydrogens is 921 g/mol. The van der Waals surface area contributed by atoms with Gasteiger partial charge in [0.15, 0.2) is 0 Å². The van der Waals surface area contributed by atoms with E-state index in [9.17, 15) is 27.0 Å². The van der Waals surface area contributed by atoms with Crippen LogP contribution in [0.3, 0.4) is 0 Å². The third-order valence-electron chi connectivity index (χ3n) is 12.2. The van der Waals surface area contributed by atoms with Gasteiger partial charge in [0.1, 0.15) is 67.0 Å². The molecule has 0 radical (unpaired) electrons. The van der Waals surface area contributed by atoms with E-state index in [4.69, 9.17) is 18.9 Å². The molecule has 70 heavy (non-hydrogen) atoms. The molecular formula is C58H50O10S2. The van der Waals surface area contributed by atoms with Crippen molar-refractivity contribution in [3.63, 3.8) is 0 Å². The standard InChI is InChI=1S/C58H50O10S2/c59-57(37-7-1-8-38-57)41-35-43-15-19-49(20-16-43)67-53-11-3-5-13-55(53)69(61,62)51-31-27-47(28-32-51)65-45-23-25-46(26-24-45)66-48-29-33-52(34-30-48)70(63,64)56-14-6-4-12-54(56)68-50-21-17-44(18-22-50)36-42-58(60)39-9-2-10-40-58/h3-6,11-34,59-60H,1-2,7-10,37-40H2. The molecule has 0 saturated heterocycles. The van der Waals surface area contributed by atoms with Gasteiger partial charge in [0.05, 0.1) is 9.79 Å². The van der Waals surface area contributed by atoms with Crippen molar-refractivity contribution >= 4 is 19.7 Å². The molecule has 7 aromatic carbocycles. The Morgan fingerprint density at radius 3 is 0.986 bits per heavy atom. The summed E-state index contributed by atoms with van der Waals surface area (Å²) in [6.45, 7) is 0. The molecule has 0 bridgehead atoms. The highest BCUT2D eigenvalue weighted by Crippen LogP contribution is 2.37. The van der Waals surface area contributed by atoms with Gasteiger partial charge in [-0.15, -0.1) is 0 Å². The number of aliphatic hydroxyl groups is 2. The summed E-state index contributed by atoms with van der Waals surface area (Å²) in [5, 5.41) is 21.5. The summed E-state index contributed by atoms with van der Waals surface area (Å²) in [5.41, 5.74) is -0.461. The molecule has 0 aromatic heterocycles. The molecule has 0 amide bonds. The molecule has 2 saturated carbocycles. The number of hydrogen-bond donors (Lipinski definition) is 2. The largest absolute Gasteiger partial charge is 0.457 e. The van der Waals surface area contributed by atoms with Crippen LogP contribution in [-0.4, -0.2) is 38.3 Å². The molecule has 0 unspecified atom stereocenters. The van der Waals surface area contributed by atoms with Crippen LogP contribution in [0.15, 0.2) is 189 Å². The van der Waals surface area contributed by atoms with Crippen LogP contribution in [0.2, 0.25) is 0 Å². The summed E-state index contributed by atoms with van der Waals surface area (Å²) in [6, 6.07) is 45.9. The minimum absolute atomic E-state index is 0.00580. The van der Waals surface area contributed by atoms with Gasteiger partial charge in [0, 0.05) is 11.1 Å². The van der Waals surface area contributed by atoms with Crippen LogP contribution in [0.25, 0.3) is 0 Å². The number of hydrogen-bond acceptors (Lipinski definition) is 10. The molecule has 9 rings (SSSR count). The average molecular weight is 971 g/mol. The van der Waals surface area contributed by atoms with Crippen LogP contribution < -0.4 is 18.9 Å². The first-order valence-corrected chi connectivity index (χ1v) is 26.2. The number of rotatable bonds is 12.